The zero-order chi connectivity index (χ0) is 28.4. The van der Waals surface area contributed by atoms with Gasteiger partial charge in [0.2, 0.25) is 11.0 Å². The number of carboxylic acids is 1. The first-order valence-electron chi connectivity index (χ1n) is 12.5. The summed E-state index contributed by atoms with van der Waals surface area (Å²) in [5.41, 5.74) is 2.65. The van der Waals surface area contributed by atoms with Crippen LogP contribution < -0.4 is 14.5 Å². The van der Waals surface area contributed by atoms with Gasteiger partial charge < -0.3 is 14.7 Å². The number of halogens is 2. The first-order chi connectivity index (χ1) is 19.2. The van der Waals surface area contributed by atoms with Crippen molar-refractivity contribution in [3.05, 3.63) is 76.5 Å². The first kappa shape index (κ1) is 27.5. The lowest BCUT2D eigenvalue weighted by atomic mass is 9.95. The van der Waals surface area contributed by atoms with Crippen molar-refractivity contribution in [3.8, 4) is 28.1 Å². The summed E-state index contributed by atoms with van der Waals surface area (Å²) in [4.78, 5) is 37.2. The van der Waals surface area contributed by atoms with Gasteiger partial charge in [0.1, 0.15) is 12.3 Å². The minimum Gasteiger partial charge on any atom is -0.488 e. The third-order valence-corrected chi connectivity index (χ3v) is 7.87. The number of nitrogens with zero attached hydrogens (tertiary/aromatic N) is 4. The lowest BCUT2D eigenvalue weighted by molar-refractivity contribution is -0.140. The molecule has 206 valence electrons. The third-order valence-electron chi connectivity index (χ3n) is 6.71. The number of anilines is 2. The Morgan fingerprint density at radius 2 is 1.98 bits per heavy atom. The number of amides is 1. The highest BCUT2D eigenvalue weighted by atomic mass is 35.5. The molecule has 1 aliphatic rings. The lowest BCUT2D eigenvalue weighted by Crippen LogP contribution is -2.35. The molecule has 1 N–H and O–H groups in total. The van der Waals surface area contributed by atoms with Crippen LogP contribution >= 0.6 is 22.9 Å². The molecule has 1 aliphatic heterocycles. The average Bonchev–Trinajstić information content (AvgIpc) is 3.33. The van der Waals surface area contributed by atoms with Crippen LogP contribution in [0.4, 0.5) is 15.3 Å². The second-order valence-electron chi connectivity index (χ2n) is 9.51. The Morgan fingerprint density at radius 1 is 1.20 bits per heavy atom. The highest BCUT2D eigenvalue weighted by Crippen LogP contribution is 2.41. The molecule has 8 nitrogen and oxygen atoms in total. The monoisotopic (exact) mass is 580 g/mol. The van der Waals surface area contributed by atoms with Crippen LogP contribution in [0.3, 0.4) is 0 Å². The molecule has 0 saturated carbocycles. The topological polar surface area (TPSA) is 95.9 Å². The molecule has 4 aromatic rings. The quantitative estimate of drug-likeness (QED) is 0.282. The Hall–Kier alpha value is -4.02. The number of ether oxygens (including phenoxy) is 1. The van der Waals surface area contributed by atoms with Crippen molar-refractivity contribution >= 4 is 45.8 Å². The fourth-order valence-electron chi connectivity index (χ4n) is 4.66. The molecular formula is C29H26ClFN4O4S. The number of carboxylic acid groups (broad SMARTS) is 1. The normalized spacial score (nSPS) is 13.3. The van der Waals surface area contributed by atoms with E-state index in [4.69, 9.17) is 16.3 Å². The molecular weight excluding hydrogens is 555 g/mol. The molecule has 1 atom stereocenters. The van der Waals surface area contributed by atoms with E-state index in [-0.39, 0.29) is 23.7 Å². The Balaban J connectivity index is 1.48. The molecule has 0 fully saturated rings. The van der Waals surface area contributed by atoms with E-state index in [0.717, 1.165) is 17.9 Å². The summed E-state index contributed by atoms with van der Waals surface area (Å²) in [6.07, 6.45) is 1.57. The Kier molecular flexibility index (Phi) is 7.99. The number of thiazole rings is 1. The van der Waals surface area contributed by atoms with Gasteiger partial charge in [-0.1, -0.05) is 59.3 Å². The minimum absolute atomic E-state index is 0.0331. The smallest absolute Gasteiger partial charge is 0.304 e. The number of pyridine rings is 1. The van der Waals surface area contributed by atoms with Crippen molar-refractivity contribution < 1.29 is 23.8 Å². The number of fused-ring (bicyclic) bond motifs is 1. The SMILES string of the molecule is CN1CCOc2cc(-c3ccc(Cl)cc3-c3nc(N(C)C(=O)[C@@H](CC(=O)O)Cc4ccccc4)sc3F)cnc21. The van der Waals surface area contributed by atoms with Gasteiger partial charge in [0.05, 0.1) is 18.9 Å². The predicted molar refractivity (Wildman–Crippen MR) is 154 cm³/mol. The van der Waals surface area contributed by atoms with E-state index in [1.165, 1.54) is 11.9 Å². The minimum atomic E-state index is -1.09. The fraction of sp³-hybridized carbons (Fsp3) is 0.241. The molecule has 5 rings (SSSR count). The van der Waals surface area contributed by atoms with E-state index >= 15 is 4.39 Å². The fourth-order valence-corrected chi connectivity index (χ4v) is 5.61. The number of benzene rings is 2. The predicted octanol–water partition coefficient (Wildman–Crippen LogP) is 5.79. The molecule has 2 aromatic heterocycles. The van der Waals surface area contributed by atoms with E-state index in [1.54, 1.807) is 24.4 Å². The van der Waals surface area contributed by atoms with Gasteiger partial charge in [-0.2, -0.15) is 4.39 Å². The van der Waals surface area contributed by atoms with Crippen LogP contribution in [0.25, 0.3) is 22.4 Å². The summed E-state index contributed by atoms with van der Waals surface area (Å²) < 4.78 is 21.3. The average molecular weight is 581 g/mol. The summed E-state index contributed by atoms with van der Waals surface area (Å²) in [5.74, 6) is -1.05. The Bertz CT molecular complexity index is 1570. The molecule has 0 aliphatic carbocycles. The lowest BCUT2D eigenvalue weighted by Gasteiger charge is -2.26. The molecule has 40 heavy (non-hydrogen) atoms. The number of aliphatic carboxylic acids is 1. The van der Waals surface area contributed by atoms with E-state index in [1.807, 2.05) is 48.3 Å². The first-order valence-corrected chi connectivity index (χ1v) is 13.7. The van der Waals surface area contributed by atoms with Gasteiger partial charge in [0.15, 0.2) is 16.7 Å². The van der Waals surface area contributed by atoms with Crippen LogP contribution in [0.2, 0.25) is 5.02 Å². The van der Waals surface area contributed by atoms with Gasteiger partial charge in [0.25, 0.3) is 0 Å². The number of carbonyl (C=O) groups is 2. The summed E-state index contributed by atoms with van der Waals surface area (Å²) >= 11 is 7.02. The molecule has 0 unspecified atom stereocenters. The number of rotatable bonds is 8. The summed E-state index contributed by atoms with van der Waals surface area (Å²) in [5, 5.41) is 9.34. The molecule has 0 saturated heterocycles. The van der Waals surface area contributed by atoms with Crippen molar-refractivity contribution in [3.63, 3.8) is 0 Å². The Morgan fingerprint density at radius 3 is 2.73 bits per heavy atom. The van der Waals surface area contributed by atoms with Crippen molar-refractivity contribution in [2.75, 3.05) is 37.0 Å². The summed E-state index contributed by atoms with van der Waals surface area (Å²) in [6.45, 7) is 1.25. The number of hydrogen-bond acceptors (Lipinski definition) is 7. The maximum absolute atomic E-state index is 15.5. The standard InChI is InChI=1S/C29H26ClFN4O4S/c1-34-10-11-39-23-13-19(16-32-27(23)34)21-9-8-20(30)15-22(21)25-26(31)40-29(33-25)35(2)28(38)18(14-24(36)37)12-17-6-4-3-5-7-17/h3-9,13,15-16,18H,10-12,14H2,1-2H3,(H,36,37)/t18-/m1/s1. The second-order valence-corrected chi connectivity index (χ2v) is 10.9. The van der Waals surface area contributed by atoms with Crippen LogP contribution in [0.1, 0.15) is 12.0 Å². The van der Waals surface area contributed by atoms with E-state index < -0.39 is 22.9 Å². The molecule has 3 heterocycles. The van der Waals surface area contributed by atoms with Crippen LogP contribution in [0, 0.1) is 11.0 Å². The van der Waals surface area contributed by atoms with Crippen LogP contribution in [0.5, 0.6) is 5.75 Å². The molecule has 1 amide bonds. The summed E-state index contributed by atoms with van der Waals surface area (Å²) in [7, 11) is 3.41. The van der Waals surface area contributed by atoms with Gasteiger partial charge in [0, 0.05) is 36.4 Å². The maximum atomic E-state index is 15.5. The van der Waals surface area contributed by atoms with Gasteiger partial charge >= 0.3 is 5.97 Å². The molecule has 0 spiro atoms. The van der Waals surface area contributed by atoms with Crippen molar-refractivity contribution in [2.24, 2.45) is 5.92 Å². The second kappa shape index (κ2) is 11.6. The van der Waals surface area contributed by atoms with E-state index in [0.29, 0.717) is 45.4 Å². The number of likely N-dealkylation sites (N-methyl/N-ethyl adjacent to an activating group) is 1. The molecule has 2 aromatic carbocycles. The van der Waals surface area contributed by atoms with E-state index in [9.17, 15) is 14.7 Å². The molecule has 0 radical (unpaired) electrons. The Labute approximate surface area is 239 Å². The van der Waals surface area contributed by atoms with Gasteiger partial charge in [-0.3, -0.25) is 14.5 Å². The number of carbonyl (C=O) groups excluding carboxylic acids is 1. The molecule has 0 bridgehead atoms. The number of aromatic nitrogens is 2. The van der Waals surface area contributed by atoms with Crippen LogP contribution in [-0.2, 0) is 16.0 Å². The largest absolute Gasteiger partial charge is 0.488 e. The third kappa shape index (κ3) is 5.78. The zero-order valence-corrected chi connectivity index (χ0v) is 23.4. The van der Waals surface area contributed by atoms with Gasteiger partial charge in [-0.25, -0.2) is 9.97 Å². The van der Waals surface area contributed by atoms with Crippen LogP contribution in [-0.4, -0.2) is 54.2 Å². The van der Waals surface area contributed by atoms with Gasteiger partial charge in [-0.05, 0) is 35.7 Å². The van der Waals surface area contributed by atoms with Crippen molar-refractivity contribution in [1.29, 1.82) is 0 Å². The highest BCUT2D eigenvalue weighted by molar-refractivity contribution is 7.14. The van der Waals surface area contributed by atoms with E-state index in [2.05, 4.69) is 9.97 Å². The highest BCUT2D eigenvalue weighted by Gasteiger charge is 2.29. The zero-order valence-electron chi connectivity index (χ0n) is 21.8. The van der Waals surface area contributed by atoms with Gasteiger partial charge in [-0.15, -0.1) is 0 Å². The molecule has 11 heteroatoms. The number of hydrogen-bond donors (Lipinski definition) is 1. The maximum Gasteiger partial charge on any atom is 0.304 e. The van der Waals surface area contributed by atoms with Crippen molar-refractivity contribution in [2.45, 2.75) is 12.8 Å². The van der Waals surface area contributed by atoms with Crippen molar-refractivity contribution in [1.82, 2.24) is 9.97 Å². The summed E-state index contributed by atoms with van der Waals surface area (Å²) in [6, 6.07) is 16.1. The van der Waals surface area contributed by atoms with Crippen LogP contribution in [0.15, 0.2) is 60.8 Å².